The van der Waals surface area contributed by atoms with Gasteiger partial charge in [0.2, 0.25) is 5.96 Å². The van der Waals surface area contributed by atoms with Crippen LogP contribution in [0.4, 0.5) is 0 Å². The van der Waals surface area contributed by atoms with Crippen molar-refractivity contribution in [1.29, 1.82) is 5.41 Å². The molecule has 0 saturated carbocycles. The highest BCUT2D eigenvalue weighted by molar-refractivity contribution is 6.22. The van der Waals surface area contributed by atoms with Crippen LogP contribution < -0.4 is 5.56 Å². The number of fused-ring (bicyclic) bond motifs is 9. The molecule has 0 unspecified atom stereocenters. The van der Waals surface area contributed by atoms with Gasteiger partial charge in [-0.05, 0) is 79.7 Å². The summed E-state index contributed by atoms with van der Waals surface area (Å²) in [7, 11) is 0. The second-order valence-corrected chi connectivity index (χ2v) is 11.7. The Kier molecular flexibility index (Phi) is 6.85. The predicted molar refractivity (Wildman–Crippen MR) is 203 cm³/mol. The Bertz CT molecular complexity index is 2800. The first-order valence-electron chi connectivity index (χ1n) is 15.8. The molecule has 1 N–H and O–H groups in total. The van der Waals surface area contributed by atoms with Gasteiger partial charge in [0.05, 0.1) is 33.0 Å². The lowest BCUT2D eigenvalue weighted by molar-refractivity contribution is 1.06. The fourth-order valence-corrected chi connectivity index (χ4v) is 7.04. The number of aliphatic imine (C=N–C) groups is 1. The van der Waals surface area contributed by atoms with Gasteiger partial charge in [0.1, 0.15) is 0 Å². The first-order chi connectivity index (χ1) is 23.5. The molecule has 230 valence electrons. The molecule has 3 heterocycles. The molecule has 6 aromatic carbocycles. The molecule has 0 atom stereocenters. The van der Waals surface area contributed by atoms with Crippen molar-refractivity contribution in [2.45, 2.75) is 6.92 Å². The number of hydrogen-bond donors (Lipinski definition) is 1. The number of benzene rings is 6. The van der Waals surface area contributed by atoms with Crippen LogP contribution in [0.1, 0.15) is 6.92 Å². The van der Waals surface area contributed by atoms with E-state index in [1.807, 2.05) is 84.3 Å². The maximum Gasteiger partial charge on any atom is 0.263 e. The van der Waals surface area contributed by atoms with E-state index in [0.29, 0.717) is 5.39 Å². The zero-order valence-electron chi connectivity index (χ0n) is 26.4. The Hall–Kier alpha value is -6.53. The summed E-state index contributed by atoms with van der Waals surface area (Å²) in [5, 5.41) is 15.2. The van der Waals surface area contributed by atoms with E-state index in [1.165, 1.54) is 0 Å². The van der Waals surface area contributed by atoms with Crippen LogP contribution in [0.15, 0.2) is 156 Å². The van der Waals surface area contributed by atoms with Crippen molar-refractivity contribution in [1.82, 2.24) is 13.7 Å². The number of pyridine rings is 1. The summed E-state index contributed by atoms with van der Waals surface area (Å²) in [6, 6.07) is 45.0. The number of allylic oxidation sites excluding steroid dienone is 1. The van der Waals surface area contributed by atoms with Gasteiger partial charge in [-0.25, -0.2) is 4.99 Å². The number of aromatic nitrogens is 3. The first kappa shape index (κ1) is 28.9. The second kappa shape index (κ2) is 11.4. The number of hydrogen-bond acceptors (Lipinski definition) is 2. The lowest BCUT2D eigenvalue weighted by atomic mass is 10.0. The highest BCUT2D eigenvalue weighted by atomic mass is 16.1. The normalized spacial score (nSPS) is 11.4. The van der Waals surface area contributed by atoms with Crippen LogP contribution in [0.2, 0.25) is 0 Å². The monoisotopic (exact) mass is 621 g/mol. The van der Waals surface area contributed by atoms with Gasteiger partial charge in [-0.15, -0.1) is 6.58 Å². The van der Waals surface area contributed by atoms with E-state index in [1.54, 1.807) is 10.6 Å². The summed E-state index contributed by atoms with van der Waals surface area (Å²) in [6.07, 6.45) is 1.75. The number of nitrogens with one attached hydrogen (secondary N) is 1. The molecule has 3 aromatic heterocycles. The number of para-hydroxylation sites is 4. The van der Waals surface area contributed by atoms with Gasteiger partial charge in [-0.1, -0.05) is 78.9 Å². The minimum Gasteiger partial charge on any atom is -0.309 e. The minimum absolute atomic E-state index is 0.0140. The summed E-state index contributed by atoms with van der Waals surface area (Å²) in [5.74, 6) is 0.0140. The maximum atomic E-state index is 14.7. The van der Waals surface area contributed by atoms with E-state index in [4.69, 9.17) is 5.41 Å². The third-order valence-electron chi connectivity index (χ3n) is 8.96. The van der Waals surface area contributed by atoms with Gasteiger partial charge in [0.25, 0.3) is 5.56 Å². The van der Waals surface area contributed by atoms with Crippen LogP contribution in [-0.4, -0.2) is 26.4 Å². The van der Waals surface area contributed by atoms with E-state index in [9.17, 15) is 4.79 Å². The van der Waals surface area contributed by atoms with Gasteiger partial charge in [0, 0.05) is 38.3 Å². The minimum atomic E-state index is -0.123. The highest BCUT2D eigenvalue weighted by Gasteiger charge is 2.21. The highest BCUT2D eigenvalue weighted by Crippen LogP contribution is 2.39. The van der Waals surface area contributed by atoms with Crippen molar-refractivity contribution >= 4 is 78.0 Å². The smallest absolute Gasteiger partial charge is 0.263 e. The fourth-order valence-electron chi connectivity index (χ4n) is 7.04. The molecule has 9 rings (SSSR count). The molecule has 0 aliphatic rings. The zero-order chi connectivity index (χ0) is 32.9. The molecule has 0 saturated heterocycles. The van der Waals surface area contributed by atoms with Crippen molar-refractivity contribution in [3.05, 3.63) is 156 Å². The van der Waals surface area contributed by atoms with Gasteiger partial charge >= 0.3 is 0 Å². The van der Waals surface area contributed by atoms with E-state index in [2.05, 4.69) is 83.5 Å². The van der Waals surface area contributed by atoms with Crippen molar-refractivity contribution in [2.75, 3.05) is 0 Å². The molecule has 0 aliphatic heterocycles. The largest absolute Gasteiger partial charge is 0.309 e. The first-order valence-corrected chi connectivity index (χ1v) is 15.8. The molecule has 0 bridgehead atoms. The van der Waals surface area contributed by atoms with Crippen LogP contribution in [0, 0.1) is 5.41 Å². The Morgan fingerprint density at radius 3 is 1.69 bits per heavy atom. The third kappa shape index (κ3) is 4.23. The molecule has 0 spiro atoms. The van der Waals surface area contributed by atoms with Crippen molar-refractivity contribution in [2.24, 2.45) is 4.99 Å². The zero-order valence-corrected chi connectivity index (χ0v) is 26.4. The molecule has 0 radical (unpaired) electrons. The lowest BCUT2D eigenvalue weighted by Crippen LogP contribution is -2.19. The standard InChI is InChI=1S/C39H25N5O.C3H6/c1-41-39(40)44-34-19-11-9-17-27(34)29-20-28-31-21-30-26-16-8-10-18-33(26)42(24-12-4-2-5-13-24)36(30)23-37(31)43(25-14-6-3-7-15-25)38(45)32(28)22-35(29)44;1-3-2/h2-23,40H,1H2;3H,1H2,2H3. The second-order valence-electron chi connectivity index (χ2n) is 11.7. The van der Waals surface area contributed by atoms with Crippen LogP contribution in [0.5, 0.6) is 0 Å². The van der Waals surface area contributed by atoms with Crippen LogP contribution in [0.25, 0.3) is 76.7 Å². The van der Waals surface area contributed by atoms with Crippen molar-refractivity contribution < 1.29 is 0 Å². The van der Waals surface area contributed by atoms with Gasteiger partial charge < -0.3 is 4.57 Å². The average Bonchev–Trinajstić information content (AvgIpc) is 3.63. The molecule has 0 fully saturated rings. The van der Waals surface area contributed by atoms with Crippen molar-refractivity contribution in [3.8, 4) is 11.4 Å². The Morgan fingerprint density at radius 1 is 0.562 bits per heavy atom. The lowest BCUT2D eigenvalue weighted by Gasteiger charge is -2.15. The summed E-state index contributed by atoms with van der Waals surface area (Å²) in [4.78, 5) is 18.6. The summed E-state index contributed by atoms with van der Waals surface area (Å²) < 4.78 is 5.86. The quantitative estimate of drug-likeness (QED) is 0.0888. The fraction of sp³-hybridized carbons (Fsp3) is 0.0238. The summed E-state index contributed by atoms with van der Waals surface area (Å²) in [5.41, 5.74) is 6.29. The van der Waals surface area contributed by atoms with Gasteiger partial charge in [-0.2, -0.15) is 0 Å². The summed E-state index contributed by atoms with van der Waals surface area (Å²) in [6.45, 7) is 8.87. The molecule has 6 nitrogen and oxygen atoms in total. The molecule has 6 heteroatoms. The van der Waals surface area contributed by atoms with Crippen molar-refractivity contribution in [3.63, 3.8) is 0 Å². The van der Waals surface area contributed by atoms with E-state index in [0.717, 1.165) is 71.3 Å². The molecule has 9 aromatic rings. The molecule has 48 heavy (non-hydrogen) atoms. The van der Waals surface area contributed by atoms with E-state index >= 15 is 0 Å². The Balaban J connectivity index is 0.00000108. The Labute approximate surface area is 276 Å². The van der Waals surface area contributed by atoms with Gasteiger partial charge in [0.15, 0.2) is 0 Å². The topological polar surface area (TPSA) is 68.1 Å². The molecule has 0 amide bonds. The molecule has 0 aliphatic carbocycles. The SMILES string of the molecule is C=CC.C=NC(=N)n1c2ccccc2c2cc3c(cc21)c(=O)n(-c1ccccc1)c1cc2c(cc31)c1ccccc1n2-c1ccccc1. The van der Waals surface area contributed by atoms with Crippen LogP contribution in [0.3, 0.4) is 0 Å². The molecular formula is C42H31N5O. The molecular weight excluding hydrogens is 590 g/mol. The van der Waals surface area contributed by atoms with Gasteiger partial charge in [-0.3, -0.25) is 19.3 Å². The van der Waals surface area contributed by atoms with E-state index in [-0.39, 0.29) is 11.5 Å². The maximum absolute atomic E-state index is 14.7. The third-order valence-corrected chi connectivity index (χ3v) is 8.96. The average molecular weight is 622 g/mol. The number of nitrogens with zero attached hydrogens (tertiary/aromatic N) is 4. The van der Waals surface area contributed by atoms with Crippen LogP contribution in [-0.2, 0) is 0 Å². The predicted octanol–water partition coefficient (Wildman–Crippen LogP) is 10.0. The van der Waals surface area contributed by atoms with E-state index < -0.39 is 0 Å². The summed E-state index contributed by atoms with van der Waals surface area (Å²) >= 11 is 0. The Morgan fingerprint density at radius 2 is 1.04 bits per heavy atom. The number of rotatable bonds is 2. The van der Waals surface area contributed by atoms with Crippen LogP contribution >= 0.6 is 0 Å².